The molecule has 0 saturated heterocycles. The Kier molecular flexibility index (Phi) is 4.50. The average Bonchev–Trinajstić information content (AvgIpc) is 2.42. The first kappa shape index (κ1) is 15.4. The van der Waals surface area contributed by atoms with Gasteiger partial charge in [0.1, 0.15) is 5.75 Å². The monoisotopic (exact) mass is 323 g/mol. The van der Waals surface area contributed by atoms with Gasteiger partial charge in [0.2, 0.25) is 0 Å². The smallest absolute Gasteiger partial charge is 0.335 e. The second-order valence-electron chi connectivity index (χ2n) is 4.39. The van der Waals surface area contributed by atoms with E-state index in [0.29, 0.717) is 21.8 Å². The molecule has 0 bridgehead atoms. The van der Waals surface area contributed by atoms with Crippen molar-refractivity contribution in [2.45, 2.75) is 6.92 Å². The third-order valence-electron chi connectivity index (χ3n) is 2.84. The van der Waals surface area contributed by atoms with Crippen LogP contribution in [0.2, 0.25) is 10.0 Å². The van der Waals surface area contributed by atoms with Crippen molar-refractivity contribution in [3.05, 3.63) is 57.1 Å². The van der Waals surface area contributed by atoms with Gasteiger partial charge in [0.25, 0.3) is 0 Å². The van der Waals surface area contributed by atoms with Crippen molar-refractivity contribution in [2.75, 3.05) is 0 Å². The zero-order chi connectivity index (χ0) is 15.6. The number of carboxylic acids is 1. The van der Waals surface area contributed by atoms with Gasteiger partial charge < -0.3 is 10.2 Å². The molecular weight excluding hydrogens is 313 g/mol. The van der Waals surface area contributed by atoms with E-state index in [2.05, 4.69) is 4.99 Å². The summed E-state index contributed by atoms with van der Waals surface area (Å²) in [4.78, 5) is 15.1. The maximum absolute atomic E-state index is 10.9. The Hall–Kier alpha value is -2.04. The number of carboxylic acid groups (broad SMARTS) is 1. The number of aliphatic imine (C=N–C) groups is 1. The van der Waals surface area contributed by atoms with Gasteiger partial charge in [-0.2, -0.15) is 0 Å². The zero-order valence-corrected chi connectivity index (χ0v) is 12.5. The molecule has 0 atom stereocenters. The molecule has 6 heteroatoms. The fourth-order valence-electron chi connectivity index (χ4n) is 1.76. The number of aromatic hydroxyl groups is 1. The van der Waals surface area contributed by atoms with Crippen molar-refractivity contribution in [3.8, 4) is 5.75 Å². The molecule has 21 heavy (non-hydrogen) atoms. The summed E-state index contributed by atoms with van der Waals surface area (Å²) in [7, 11) is 0. The van der Waals surface area contributed by atoms with Crippen LogP contribution in [0.5, 0.6) is 5.75 Å². The highest BCUT2D eigenvalue weighted by Gasteiger charge is 2.07. The van der Waals surface area contributed by atoms with Crippen LogP contribution in [0.25, 0.3) is 0 Å². The Morgan fingerprint density at radius 2 is 1.95 bits per heavy atom. The Morgan fingerprint density at radius 1 is 1.24 bits per heavy atom. The molecule has 0 unspecified atom stereocenters. The normalized spacial score (nSPS) is 11.0. The summed E-state index contributed by atoms with van der Waals surface area (Å²) in [5.74, 6) is -1.10. The van der Waals surface area contributed by atoms with Crippen LogP contribution in [-0.4, -0.2) is 22.4 Å². The summed E-state index contributed by atoms with van der Waals surface area (Å²) in [6, 6.07) is 7.56. The molecule has 0 aliphatic rings. The third-order valence-corrected chi connectivity index (χ3v) is 3.35. The van der Waals surface area contributed by atoms with Crippen LogP contribution in [0.15, 0.2) is 35.3 Å². The van der Waals surface area contributed by atoms with Crippen LogP contribution in [-0.2, 0) is 0 Å². The maximum Gasteiger partial charge on any atom is 0.335 e. The fraction of sp³-hybridized carbons (Fsp3) is 0.0667. The number of aryl methyl sites for hydroxylation is 1. The summed E-state index contributed by atoms with van der Waals surface area (Å²) in [5, 5.41) is 19.3. The minimum Gasteiger partial charge on any atom is -0.506 e. The molecule has 0 aromatic heterocycles. The molecule has 0 radical (unpaired) electrons. The number of carbonyl (C=O) groups is 1. The van der Waals surface area contributed by atoms with Gasteiger partial charge in [0.15, 0.2) is 0 Å². The molecule has 2 aromatic carbocycles. The van der Waals surface area contributed by atoms with E-state index in [0.717, 1.165) is 0 Å². The first-order chi connectivity index (χ1) is 9.88. The fourth-order valence-corrected chi connectivity index (χ4v) is 2.27. The van der Waals surface area contributed by atoms with Crippen molar-refractivity contribution in [3.63, 3.8) is 0 Å². The van der Waals surface area contributed by atoms with Crippen LogP contribution >= 0.6 is 23.2 Å². The van der Waals surface area contributed by atoms with Crippen LogP contribution in [0.4, 0.5) is 5.69 Å². The highest BCUT2D eigenvalue weighted by Crippen LogP contribution is 2.30. The van der Waals surface area contributed by atoms with Crippen LogP contribution < -0.4 is 0 Å². The minimum absolute atomic E-state index is 0.107. The largest absolute Gasteiger partial charge is 0.506 e. The number of benzene rings is 2. The van der Waals surface area contributed by atoms with Crippen molar-refractivity contribution in [2.24, 2.45) is 4.99 Å². The Morgan fingerprint density at radius 3 is 2.57 bits per heavy atom. The first-order valence-corrected chi connectivity index (χ1v) is 6.70. The SMILES string of the molecule is Cc1cc(C(=O)O)ccc1N=Cc1cc(Cl)cc(Cl)c1O. The standard InChI is InChI=1S/C15H11Cl2NO3/c1-8-4-9(15(20)21)2-3-13(8)18-7-10-5-11(16)6-12(17)14(10)19/h2-7,19H,1H3,(H,20,21). The zero-order valence-electron chi connectivity index (χ0n) is 11.0. The maximum atomic E-state index is 10.9. The average molecular weight is 324 g/mol. The molecular formula is C15H11Cl2NO3. The molecule has 4 nitrogen and oxygen atoms in total. The van der Waals surface area contributed by atoms with Crippen molar-refractivity contribution >= 4 is 41.1 Å². The number of phenolic OH excluding ortho intramolecular Hbond substituents is 1. The van der Waals surface area contributed by atoms with Crippen molar-refractivity contribution < 1.29 is 15.0 Å². The van der Waals surface area contributed by atoms with E-state index in [9.17, 15) is 9.90 Å². The summed E-state index contributed by atoms with van der Waals surface area (Å²) in [6.45, 7) is 1.75. The Balaban J connectivity index is 2.36. The predicted octanol–water partition coefficient (Wildman–Crippen LogP) is 4.46. The van der Waals surface area contributed by atoms with E-state index in [1.54, 1.807) is 13.0 Å². The molecule has 0 heterocycles. The first-order valence-electron chi connectivity index (χ1n) is 5.94. The van der Waals surface area contributed by atoms with E-state index < -0.39 is 5.97 Å². The lowest BCUT2D eigenvalue weighted by Crippen LogP contribution is -1.96. The van der Waals surface area contributed by atoms with Crippen molar-refractivity contribution in [1.82, 2.24) is 0 Å². The number of phenols is 1. The molecule has 0 aliphatic carbocycles. The van der Waals surface area contributed by atoms with Gasteiger partial charge >= 0.3 is 5.97 Å². The molecule has 0 saturated carbocycles. The molecule has 2 aromatic rings. The Bertz CT molecular complexity index is 742. The third kappa shape index (κ3) is 3.54. The predicted molar refractivity (Wildman–Crippen MR) is 83.5 cm³/mol. The number of hydrogen-bond donors (Lipinski definition) is 2. The van der Waals surface area contributed by atoms with E-state index >= 15 is 0 Å². The molecule has 108 valence electrons. The van der Waals surface area contributed by atoms with Crippen LogP contribution in [0, 0.1) is 6.92 Å². The second kappa shape index (κ2) is 6.16. The number of hydrogen-bond acceptors (Lipinski definition) is 3. The Labute approximate surface area is 131 Å². The van der Waals surface area contributed by atoms with Gasteiger partial charge in [-0.15, -0.1) is 0 Å². The molecule has 0 aliphatic heterocycles. The number of halogens is 2. The van der Waals surface area contributed by atoms with E-state index in [1.807, 2.05) is 0 Å². The number of aromatic carboxylic acids is 1. The lowest BCUT2D eigenvalue weighted by Gasteiger charge is -2.04. The van der Waals surface area contributed by atoms with E-state index in [1.165, 1.54) is 30.5 Å². The molecule has 0 fully saturated rings. The van der Waals surface area contributed by atoms with Gasteiger partial charge in [0, 0.05) is 16.8 Å². The molecule has 0 spiro atoms. The van der Waals surface area contributed by atoms with Crippen LogP contribution in [0.1, 0.15) is 21.5 Å². The topological polar surface area (TPSA) is 69.9 Å². The van der Waals surface area contributed by atoms with Crippen molar-refractivity contribution in [1.29, 1.82) is 0 Å². The van der Waals surface area contributed by atoms with E-state index in [-0.39, 0.29) is 16.3 Å². The summed E-state index contributed by atoms with van der Waals surface area (Å²) in [6.07, 6.45) is 1.43. The number of rotatable bonds is 3. The van der Waals surface area contributed by atoms with E-state index in [4.69, 9.17) is 28.3 Å². The van der Waals surface area contributed by atoms with Gasteiger partial charge in [-0.1, -0.05) is 23.2 Å². The lowest BCUT2D eigenvalue weighted by atomic mass is 10.1. The summed E-state index contributed by atoms with van der Waals surface area (Å²) >= 11 is 11.7. The quantitative estimate of drug-likeness (QED) is 0.819. The summed E-state index contributed by atoms with van der Waals surface area (Å²) < 4.78 is 0. The van der Waals surface area contributed by atoms with Gasteiger partial charge in [-0.25, -0.2) is 4.79 Å². The second-order valence-corrected chi connectivity index (χ2v) is 5.23. The highest BCUT2D eigenvalue weighted by molar-refractivity contribution is 6.36. The highest BCUT2D eigenvalue weighted by atomic mass is 35.5. The lowest BCUT2D eigenvalue weighted by molar-refractivity contribution is 0.0697. The van der Waals surface area contributed by atoms with Gasteiger partial charge in [0.05, 0.1) is 16.3 Å². The summed E-state index contributed by atoms with van der Waals surface area (Å²) in [5.41, 5.74) is 1.88. The minimum atomic E-state index is -0.993. The number of nitrogens with zero attached hydrogens (tertiary/aromatic N) is 1. The molecule has 0 amide bonds. The van der Waals surface area contributed by atoms with Gasteiger partial charge in [-0.3, -0.25) is 4.99 Å². The van der Waals surface area contributed by atoms with Gasteiger partial charge in [-0.05, 0) is 42.8 Å². The molecule has 2 N–H and O–H groups in total. The molecule has 2 rings (SSSR count). The van der Waals surface area contributed by atoms with Crippen LogP contribution in [0.3, 0.4) is 0 Å².